The molecule has 4 rings (SSSR count). The van der Waals surface area contributed by atoms with Crippen molar-refractivity contribution in [3.63, 3.8) is 0 Å². The molecule has 1 N–H and O–H groups in total. The second-order valence-corrected chi connectivity index (χ2v) is 8.12. The molecule has 32 heavy (non-hydrogen) atoms. The summed E-state index contributed by atoms with van der Waals surface area (Å²) in [6.45, 7) is 4.09. The first kappa shape index (κ1) is 21.7. The van der Waals surface area contributed by atoms with Gasteiger partial charge in [-0.2, -0.15) is 0 Å². The molecule has 0 saturated carbocycles. The average molecular weight is 451 g/mol. The largest absolute Gasteiger partial charge is 0.483 e. The first-order valence-corrected chi connectivity index (χ1v) is 10.6. The van der Waals surface area contributed by atoms with Crippen LogP contribution < -0.4 is 19.7 Å². The van der Waals surface area contributed by atoms with E-state index in [2.05, 4.69) is 5.32 Å². The third kappa shape index (κ3) is 5.03. The zero-order valence-corrected chi connectivity index (χ0v) is 18.6. The number of anilines is 2. The average Bonchev–Trinajstić information content (AvgIpc) is 2.76. The Bertz CT molecular complexity index is 1180. The summed E-state index contributed by atoms with van der Waals surface area (Å²) in [5, 5.41) is 3.43. The van der Waals surface area contributed by atoms with Gasteiger partial charge in [-0.15, -0.1) is 0 Å². The number of hydrogen-bond acceptors (Lipinski definition) is 4. The van der Waals surface area contributed by atoms with Gasteiger partial charge in [-0.25, -0.2) is 0 Å². The molecule has 0 saturated heterocycles. The maximum atomic E-state index is 12.6. The quantitative estimate of drug-likeness (QED) is 0.580. The molecule has 3 aromatic carbocycles. The van der Waals surface area contributed by atoms with E-state index in [1.807, 2.05) is 50.2 Å². The van der Waals surface area contributed by atoms with Crippen molar-refractivity contribution in [3.05, 3.63) is 82.4 Å². The van der Waals surface area contributed by atoms with Gasteiger partial charge in [0.15, 0.2) is 13.2 Å². The summed E-state index contributed by atoms with van der Waals surface area (Å²) in [6.07, 6.45) is 0. The van der Waals surface area contributed by atoms with Gasteiger partial charge < -0.3 is 19.7 Å². The van der Waals surface area contributed by atoms with Crippen LogP contribution in [0.25, 0.3) is 0 Å². The summed E-state index contributed by atoms with van der Waals surface area (Å²) in [5.41, 5.74) is 4.06. The van der Waals surface area contributed by atoms with E-state index in [4.69, 9.17) is 21.1 Å². The van der Waals surface area contributed by atoms with Crippen LogP contribution in [0, 0.1) is 13.8 Å². The van der Waals surface area contributed by atoms with E-state index >= 15 is 0 Å². The van der Waals surface area contributed by atoms with Crippen molar-refractivity contribution >= 4 is 34.8 Å². The Labute approximate surface area is 191 Å². The third-order valence-corrected chi connectivity index (χ3v) is 5.35. The molecule has 0 spiro atoms. The molecule has 1 aliphatic heterocycles. The Morgan fingerprint density at radius 3 is 2.78 bits per heavy atom. The van der Waals surface area contributed by atoms with Gasteiger partial charge >= 0.3 is 0 Å². The molecule has 1 heterocycles. The Morgan fingerprint density at radius 2 is 1.97 bits per heavy atom. The number of carbonyl (C=O) groups is 2. The molecule has 0 radical (unpaired) electrons. The number of nitrogens with one attached hydrogen (secondary N) is 1. The fraction of sp³-hybridized carbons (Fsp3) is 0.200. The zero-order valence-electron chi connectivity index (χ0n) is 17.9. The minimum absolute atomic E-state index is 0.0387. The number of halogens is 1. The lowest BCUT2D eigenvalue weighted by Crippen LogP contribution is -2.38. The van der Waals surface area contributed by atoms with Crippen LogP contribution in [0.5, 0.6) is 11.5 Å². The van der Waals surface area contributed by atoms with Gasteiger partial charge in [0, 0.05) is 10.7 Å². The van der Waals surface area contributed by atoms with Gasteiger partial charge in [-0.1, -0.05) is 35.9 Å². The molecule has 3 aromatic rings. The summed E-state index contributed by atoms with van der Waals surface area (Å²) in [7, 11) is 0. The number of benzene rings is 3. The first-order valence-electron chi connectivity index (χ1n) is 10.2. The van der Waals surface area contributed by atoms with E-state index in [1.54, 1.807) is 29.2 Å². The molecule has 6 nitrogen and oxygen atoms in total. The predicted molar refractivity (Wildman–Crippen MR) is 125 cm³/mol. The second kappa shape index (κ2) is 9.32. The summed E-state index contributed by atoms with van der Waals surface area (Å²) in [6, 6.07) is 18.4. The van der Waals surface area contributed by atoms with Gasteiger partial charge in [0.05, 0.1) is 12.2 Å². The molecule has 0 atom stereocenters. The molecular weight excluding hydrogens is 428 g/mol. The van der Waals surface area contributed by atoms with Gasteiger partial charge in [-0.05, 0) is 66.9 Å². The van der Waals surface area contributed by atoms with E-state index in [0.29, 0.717) is 34.4 Å². The minimum atomic E-state index is -0.296. The fourth-order valence-corrected chi connectivity index (χ4v) is 3.69. The number of fused-ring (bicyclic) bond motifs is 1. The highest BCUT2D eigenvalue weighted by Gasteiger charge is 2.26. The lowest BCUT2D eigenvalue weighted by Gasteiger charge is -2.30. The molecule has 0 unspecified atom stereocenters. The Kier molecular flexibility index (Phi) is 6.32. The molecule has 0 fully saturated rings. The number of aryl methyl sites for hydroxylation is 2. The molecule has 0 bridgehead atoms. The maximum absolute atomic E-state index is 12.6. The highest BCUT2D eigenvalue weighted by Crippen LogP contribution is 2.35. The van der Waals surface area contributed by atoms with E-state index in [9.17, 15) is 9.59 Å². The van der Waals surface area contributed by atoms with Crippen LogP contribution in [0.3, 0.4) is 0 Å². The highest BCUT2D eigenvalue weighted by atomic mass is 35.5. The lowest BCUT2D eigenvalue weighted by molar-refractivity contribution is -0.121. The topological polar surface area (TPSA) is 67.9 Å². The smallest absolute Gasteiger partial charge is 0.265 e. The van der Waals surface area contributed by atoms with Gasteiger partial charge in [0.2, 0.25) is 0 Å². The number of amides is 2. The van der Waals surface area contributed by atoms with Gasteiger partial charge in [0.25, 0.3) is 11.8 Å². The van der Waals surface area contributed by atoms with Crippen molar-refractivity contribution in [3.8, 4) is 11.5 Å². The Morgan fingerprint density at radius 1 is 1.12 bits per heavy atom. The second-order valence-electron chi connectivity index (χ2n) is 7.69. The summed E-state index contributed by atoms with van der Waals surface area (Å²) < 4.78 is 11.2. The van der Waals surface area contributed by atoms with Crippen molar-refractivity contribution in [2.75, 3.05) is 23.4 Å². The van der Waals surface area contributed by atoms with Gasteiger partial charge in [-0.3, -0.25) is 9.59 Å². The van der Waals surface area contributed by atoms with E-state index in [1.165, 1.54) is 0 Å². The van der Waals surface area contributed by atoms with Crippen LogP contribution in [0.2, 0.25) is 5.02 Å². The molecule has 0 aliphatic carbocycles. The monoisotopic (exact) mass is 450 g/mol. The highest BCUT2D eigenvalue weighted by molar-refractivity contribution is 6.30. The van der Waals surface area contributed by atoms with Crippen molar-refractivity contribution in [2.24, 2.45) is 0 Å². The summed E-state index contributed by atoms with van der Waals surface area (Å²) >= 11 is 6.09. The molecule has 0 aromatic heterocycles. The van der Waals surface area contributed by atoms with E-state index in [0.717, 1.165) is 16.7 Å². The van der Waals surface area contributed by atoms with Crippen LogP contribution in [0.4, 0.5) is 11.4 Å². The fourth-order valence-electron chi connectivity index (χ4n) is 3.47. The van der Waals surface area contributed by atoms with Crippen molar-refractivity contribution < 1.29 is 19.1 Å². The van der Waals surface area contributed by atoms with Gasteiger partial charge in [0.1, 0.15) is 11.5 Å². The minimum Gasteiger partial charge on any atom is -0.483 e. The van der Waals surface area contributed by atoms with Crippen LogP contribution in [-0.4, -0.2) is 25.0 Å². The SMILES string of the molecule is Cc1ccc(C)c(OCC(=O)Nc2ccc3c(c2)N(Cc2cccc(Cl)c2)C(=O)CO3)c1. The predicted octanol–water partition coefficient (Wildman–Crippen LogP) is 4.90. The third-order valence-electron chi connectivity index (χ3n) is 5.12. The van der Waals surface area contributed by atoms with Crippen LogP contribution in [0.1, 0.15) is 16.7 Å². The van der Waals surface area contributed by atoms with Crippen molar-refractivity contribution in [2.45, 2.75) is 20.4 Å². The number of rotatable bonds is 6. The first-order chi connectivity index (χ1) is 15.4. The van der Waals surface area contributed by atoms with Crippen molar-refractivity contribution in [1.82, 2.24) is 0 Å². The standard InChI is InChI=1S/C25H23ClN2O4/c1-16-6-7-17(2)23(10-16)31-14-24(29)27-20-8-9-22-21(12-20)28(25(30)15-32-22)13-18-4-3-5-19(26)11-18/h3-12H,13-15H2,1-2H3,(H,27,29). The molecular formula is C25H23ClN2O4. The Hall–Kier alpha value is -3.51. The summed E-state index contributed by atoms with van der Waals surface area (Å²) in [5.74, 6) is 0.794. The number of carbonyl (C=O) groups excluding carboxylic acids is 2. The number of hydrogen-bond donors (Lipinski definition) is 1. The van der Waals surface area contributed by atoms with E-state index < -0.39 is 0 Å². The number of nitrogens with zero attached hydrogens (tertiary/aromatic N) is 1. The Balaban J connectivity index is 1.48. The maximum Gasteiger partial charge on any atom is 0.265 e. The zero-order chi connectivity index (χ0) is 22.7. The normalized spacial score (nSPS) is 12.7. The molecule has 164 valence electrons. The molecule has 1 aliphatic rings. The van der Waals surface area contributed by atoms with Crippen LogP contribution >= 0.6 is 11.6 Å². The van der Waals surface area contributed by atoms with Crippen molar-refractivity contribution in [1.29, 1.82) is 0 Å². The molecule has 7 heteroatoms. The molecule has 2 amide bonds. The number of ether oxygens (including phenoxy) is 2. The lowest BCUT2D eigenvalue weighted by atomic mass is 10.1. The summed E-state index contributed by atoms with van der Waals surface area (Å²) in [4.78, 5) is 26.7. The van der Waals surface area contributed by atoms with Crippen LogP contribution in [0.15, 0.2) is 60.7 Å². The van der Waals surface area contributed by atoms with Crippen LogP contribution in [-0.2, 0) is 16.1 Å². The van der Waals surface area contributed by atoms with E-state index in [-0.39, 0.29) is 25.0 Å².